The zero-order chi connectivity index (χ0) is 15.7. The molecule has 7 nitrogen and oxygen atoms in total. The van der Waals surface area contributed by atoms with Crippen molar-refractivity contribution in [1.29, 1.82) is 0 Å². The predicted octanol–water partition coefficient (Wildman–Crippen LogP) is 1.01. The molecule has 7 heteroatoms. The van der Waals surface area contributed by atoms with Gasteiger partial charge in [0.1, 0.15) is 6.04 Å². The molecule has 0 unspecified atom stereocenters. The average Bonchev–Trinajstić information content (AvgIpc) is 3.17. The summed E-state index contributed by atoms with van der Waals surface area (Å²) in [5.41, 5.74) is 0. The molecule has 2 aliphatic rings. The molecule has 0 N–H and O–H groups in total. The van der Waals surface area contributed by atoms with Crippen LogP contribution < -0.4 is 0 Å². The van der Waals surface area contributed by atoms with E-state index in [0.717, 1.165) is 31.8 Å². The van der Waals surface area contributed by atoms with E-state index in [2.05, 4.69) is 27.0 Å². The number of likely N-dealkylation sites (N-methyl/N-ethyl adjacent to an activating group) is 1. The smallest absolute Gasteiger partial charge is 0.323 e. The van der Waals surface area contributed by atoms with Crippen LogP contribution in [0.2, 0.25) is 0 Å². The molecule has 1 aromatic heterocycles. The van der Waals surface area contributed by atoms with Gasteiger partial charge in [0.15, 0.2) is 5.82 Å². The summed E-state index contributed by atoms with van der Waals surface area (Å²) in [6.07, 6.45) is 1.87. The highest BCUT2D eigenvalue weighted by molar-refractivity contribution is 5.77. The minimum Gasteiger partial charge on any atom is -0.464 e. The van der Waals surface area contributed by atoms with Crippen molar-refractivity contribution in [2.75, 3.05) is 26.7 Å². The average molecular weight is 308 g/mol. The normalized spacial score (nSPS) is 26.3. The molecule has 0 bridgehead atoms. The molecule has 122 valence electrons. The molecule has 2 saturated heterocycles. The van der Waals surface area contributed by atoms with Crippen molar-refractivity contribution >= 4 is 5.97 Å². The first-order chi connectivity index (χ1) is 10.5. The van der Waals surface area contributed by atoms with Crippen LogP contribution in [0.1, 0.15) is 44.3 Å². The second-order valence-corrected chi connectivity index (χ2v) is 6.53. The van der Waals surface area contributed by atoms with E-state index in [1.54, 1.807) is 0 Å². The lowest BCUT2D eigenvalue weighted by Crippen LogP contribution is -2.40. The Bertz CT molecular complexity index is 531. The number of ether oxygens (including phenoxy) is 1. The van der Waals surface area contributed by atoms with Gasteiger partial charge in [0.25, 0.3) is 0 Å². The molecular weight excluding hydrogens is 284 g/mol. The van der Waals surface area contributed by atoms with Gasteiger partial charge in [-0.05, 0) is 13.5 Å². The summed E-state index contributed by atoms with van der Waals surface area (Å²) in [4.78, 5) is 20.6. The number of carbonyl (C=O) groups excluding carboxylic acids is 1. The number of carbonyl (C=O) groups is 1. The topological polar surface area (TPSA) is 71.7 Å². The van der Waals surface area contributed by atoms with Gasteiger partial charge < -0.3 is 9.26 Å². The van der Waals surface area contributed by atoms with E-state index in [9.17, 15) is 4.79 Å². The van der Waals surface area contributed by atoms with Gasteiger partial charge in [-0.3, -0.25) is 14.6 Å². The van der Waals surface area contributed by atoms with E-state index in [-0.39, 0.29) is 17.9 Å². The molecule has 1 aromatic rings. The zero-order valence-corrected chi connectivity index (χ0v) is 13.5. The van der Waals surface area contributed by atoms with Gasteiger partial charge >= 0.3 is 5.97 Å². The number of nitrogens with zero attached hydrogens (tertiary/aromatic N) is 4. The van der Waals surface area contributed by atoms with Gasteiger partial charge in [0.2, 0.25) is 5.89 Å². The van der Waals surface area contributed by atoms with Crippen LogP contribution in [0.25, 0.3) is 0 Å². The van der Waals surface area contributed by atoms with Crippen LogP contribution in [0.4, 0.5) is 0 Å². The molecule has 3 rings (SSSR count). The highest BCUT2D eigenvalue weighted by Gasteiger charge is 2.37. The molecule has 0 amide bonds. The molecule has 3 heterocycles. The van der Waals surface area contributed by atoms with Crippen LogP contribution in [-0.4, -0.2) is 64.7 Å². The molecule has 0 aromatic carbocycles. The van der Waals surface area contributed by atoms with E-state index in [1.165, 1.54) is 0 Å². The van der Waals surface area contributed by atoms with Crippen LogP contribution in [0.5, 0.6) is 0 Å². The zero-order valence-electron chi connectivity index (χ0n) is 13.5. The Morgan fingerprint density at radius 2 is 2.23 bits per heavy atom. The Hall–Kier alpha value is -1.47. The van der Waals surface area contributed by atoms with E-state index in [0.29, 0.717) is 25.1 Å². The van der Waals surface area contributed by atoms with Gasteiger partial charge in [-0.15, -0.1) is 0 Å². The lowest BCUT2D eigenvalue weighted by molar-refractivity contribution is -0.142. The quantitative estimate of drug-likeness (QED) is 0.752. The molecule has 0 aliphatic carbocycles. The van der Waals surface area contributed by atoms with Crippen molar-refractivity contribution in [2.24, 2.45) is 0 Å². The molecule has 2 atom stereocenters. The molecule has 2 aliphatic heterocycles. The number of esters is 1. The third-order valence-corrected chi connectivity index (χ3v) is 4.54. The number of hydrogen-bond donors (Lipinski definition) is 0. The van der Waals surface area contributed by atoms with Gasteiger partial charge in [0.05, 0.1) is 13.2 Å². The lowest BCUT2D eigenvalue weighted by atomic mass is 10.2. The third-order valence-electron chi connectivity index (χ3n) is 4.54. The first-order valence-corrected chi connectivity index (χ1v) is 7.98. The standard InChI is InChI=1S/C15H24N4O3/c1-10(2)14-16-13(17-22-14)9-18(3)11-4-6-19(8-11)12-5-7-21-15(12)20/h10-12H,4-9H2,1-3H3/t11-,12+/m0/s1. The second kappa shape index (κ2) is 6.34. The highest BCUT2D eigenvalue weighted by Crippen LogP contribution is 2.23. The Balaban J connectivity index is 1.54. The SMILES string of the molecule is CC(C)c1nc(CN(C)[C@H]2CCN([C@@H]3CCOC3=O)C2)no1. The van der Waals surface area contributed by atoms with Gasteiger partial charge in [0, 0.05) is 31.5 Å². The van der Waals surface area contributed by atoms with Crippen LogP contribution in [0.3, 0.4) is 0 Å². The van der Waals surface area contributed by atoms with Crippen LogP contribution in [0.15, 0.2) is 4.52 Å². The summed E-state index contributed by atoms with van der Waals surface area (Å²) in [7, 11) is 2.08. The number of rotatable bonds is 5. The van der Waals surface area contributed by atoms with Crippen molar-refractivity contribution in [2.45, 2.75) is 51.2 Å². The molecule has 22 heavy (non-hydrogen) atoms. The summed E-state index contributed by atoms with van der Waals surface area (Å²) in [6, 6.07) is 0.366. The van der Waals surface area contributed by atoms with E-state index < -0.39 is 0 Å². The van der Waals surface area contributed by atoms with Crippen molar-refractivity contribution in [3.63, 3.8) is 0 Å². The minimum atomic E-state index is -0.0666. The van der Waals surface area contributed by atoms with E-state index in [1.807, 2.05) is 13.8 Å². The summed E-state index contributed by atoms with van der Waals surface area (Å²) >= 11 is 0. The van der Waals surface area contributed by atoms with E-state index in [4.69, 9.17) is 9.26 Å². The number of aromatic nitrogens is 2. The largest absolute Gasteiger partial charge is 0.464 e. The first-order valence-electron chi connectivity index (χ1n) is 7.98. The van der Waals surface area contributed by atoms with Gasteiger partial charge in [-0.1, -0.05) is 19.0 Å². The Kier molecular flexibility index (Phi) is 4.44. The van der Waals surface area contributed by atoms with Gasteiger partial charge in [-0.25, -0.2) is 0 Å². The third kappa shape index (κ3) is 3.15. The molecule has 0 saturated carbocycles. The predicted molar refractivity (Wildman–Crippen MR) is 79.2 cm³/mol. The minimum absolute atomic E-state index is 0.0453. The van der Waals surface area contributed by atoms with Crippen molar-refractivity contribution in [3.8, 4) is 0 Å². The molecule has 0 spiro atoms. The fraction of sp³-hybridized carbons (Fsp3) is 0.800. The monoisotopic (exact) mass is 308 g/mol. The van der Waals surface area contributed by atoms with Crippen LogP contribution >= 0.6 is 0 Å². The number of cyclic esters (lactones) is 1. The maximum absolute atomic E-state index is 11.7. The number of hydrogen-bond acceptors (Lipinski definition) is 7. The maximum atomic E-state index is 11.7. The Labute approximate surface area is 130 Å². The van der Waals surface area contributed by atoms with Crippen LogP contribution in [0, 0.1) is 0 Å². The Morgan fingerprint density at radius 3 is 2.86 bits per heavy atom. The number of likely N-dealkylation sites (tertiary alicyclic amines) is 1. The highest BCUT2D eigenvalue weighted by atomic mass is 16.5. The van der Waals surface area contributed by atoms with Crippen LogP contribution in [-0.2, 0) is 16.1 Å². The summed E-state index contributed by atoms with van der Waals surface area (Å²) in [5, 5.41) is 4.04. The van der Waals surface area contributed by atoms with Crippen molar-refractivity contribution in [3.05, 3.63) is 11.7 Å². The summed E-state index contributed by atoms with van der Waals surface area (Å²) in [5.74, 6) is 1.60. The van der Waals surface area contributed by atoms with Crippen molar-refractivity contribution < 1.29 is 14.1 Å². The molecular formula is C15H24N4O3. The Morgan fingerprint density at radius 1 is 1.41 bits per heavy atom. The molecule has 0 radical (unpaired) electrons. The lowest BCUT2D eigenvalue weighted by Gasteiger charge is -2.24. The van der Waals surface area contributed by atoms with Crippen molar-refractivity contribution in [1.82, 2.24) is 19.9 Å². The molecule has 2 fully saturated rings. The summed E-state index contributed by atoms with van der Waals surface area (Å²) in [6.45, 7) is 7.14. The fourth-order valence-electron chi connectivity index (χ4n) is 3.15. The summed E-state index contributed by atoms with van der Waals surface area (Å²) < 4.78 is 10.3. The van der Waals surface area contributed by atoms with Gasteiger partial charge in [-0.2, -0.15) is 4.98 Å². The first kappa shape index (κ1) is 15.4. The van der Waals surface area contributed by atoms with E-state index >= 15 is 0 Å². The maximum Gasteiger partial charge on any atom is 0.323 e. The fourth-order valence-corrected chi connectivity index (χ4v) is 3.15. The second-order valence-electron chi connectivity index (χ2n) is 6.53.